The summed E-state index contributed by atoms with van der Waals surface area (Å²) in [6, 6.07) is 13.4. The second-order valence-corrected chi connectivity index (χ2v) is 6.65. The number of hydrogen-bond donors (Lipinski definition) is 1. The van der Waals surface area contributed by atoms with Gasteiger partial charge in [-0.3, -0.25) is 15.0 Å². The number of nitrogens with zero attached hydrogens (tertiary/aromatic N) is 2. The van der Waals surface area contributed by atoms with Crippen molar-refractivity contribution in [2.75, 3.05) is 5.43 Å². The Hall–Kier alpha value is -2.61. The summed E-state index contributed by atoms with van der Waals surface area (Å²) in [5, 5.41) is 0.118. The molecule has 5 nitrogen and oxygen atoms in total. The topological polar surface area (TPSA) is 64.0 Å². The number of para-hydroxylation sites is 1. The monoisotopic (exact) mass is 421 g/mol. The van der Waals surface area contributed by atoms with Gasteiger partial charge in [-0.1, -0.05) is 36.4 Å². The molecule has 0 unspecified atom stereocenters. The van der Waals surface area contributed by atoms with Gasteiger partial charge in [0.15, 0.2) is 0 Å². The lowest BCUT2D eigenvalue weighted by molar-refractivity contribution is -0.116. The van der Waals surface area contributed by atoms with Gasteiger partial charge in [-0.05, 0) is 33.6 Å². The first kappa shape index (κ1) is 18.2. The summed E-state index contributed by atoms with van der Waals surface area (Å²) in [5.41, 5.74) is 2.29. The van der Waals surface area contributed by atoms with E-state index in [0.717, 1.165) is 0 Å². The van der Waals surface area contributed by atoms with Crippen molar-refractivity contribution in [3.8, 4) is 0 Å². The highest BCUT2D eigenvalue weighted by Gasteiger charge is 2.32. The zero-order chi connectivity index (χ0) is 18.9. The maximum Gasteiger partial charge on any atom is 0.303 e. The summed E-state index contributed by atoms with van der Waals surface area (Å²) in [4.78, 5) is 28.9. The molecule has 134 valence electrons. The van der Waals surface area contributed by atoms with E-state index in [2.05, 4.69) is 26.3 Å². The predicted octanol–water partition coefficient (Wildman–Crippen LogP) is 3.58. The third-order valence-corrected chi connectivity index (χ3v) is 4.33. The van der Waals surface area contributed by atoms with Crippen LogP contribution in [-0.2, 0) is 17.1 Å². The van der Waals surface area contributed by atoms with Crippen LogP contribution >= 0.6 is 15.9 Å². The molecule has 0 saturated carbocycles. The van der Waals surface area contributed by atoms with Gasteiger partial charge < -0.3 is 0 Å². The molecule has 1 aromatic heterocycles. The molecule has 1 amide bonds. The Labute approximate surface area is 155 Å². The Morgan fingerprint density at radius 1 is 1.19 bits per heavy atom. The molecular weight excluding hydrogens is 408 g/mol. The number of benzene rings is 2. The van der Waals surface area contributed by atoms with Crippen molar-refractivity contribution < 1.29 is 13.6 Å². The fraction of sp³-hybridized carbons (Fsp3) is 0.167. The van der Waals surface area contributed by atoms with Gasteiger partial charge in [-0.15, -0.1) is 0 Å². The van der Waals surface area contributed by atoms with Gasteiger partial charge in [0.2, 0.25) is 11.7 Å². The van der Waals surface area contributed by atoms with Crippen LogP contribution in [-0.4, -0.2) is 15.6 Å². The van der Waals surface area contributed by atoms with E-state index >= 15 is 0 Å². The fourth-order valence-electron chi connectivity index (χ4n) is 2.52. The van der Waals surface area contributed by atoms with Crippen LogP contribution in [0.4, 0.5) is 8.78 Å². The molecule has 0 aliphatic rings. The third-order valence-electron chi connectivity index (χ3n) is 3.69. The van der Waals surface area contributed by atoms with Crippen LogP contribution in [0.3, 0.4) is 0 Å². The molecule has 2 aromatic carbocycles. The average Bonchev–Trinajstić information content (AvgIpc) is 2.57. The minimum absolute atomic E-state index is 0.0570. The maximum atomic E-state index is 14.0. The number of fused-ring (bicyclic) bond motifs is 1. The standard InChI is InChI=1S/C18H14BrF2N3O2/c1-18(20,21)17-22-15-12(8-5-9-13(15)19)16(26)24(17)23-14(25)10-11-6-3-2-4-7-11/h2-9H,10H2,1H3,(H,23,25). The Morgan fingerprint density at radius 2 is 1.88 bits per heavy atom. The Morgan fingerprint density at radius 3 is 2.54 bits per heavy atom. The lowest BCUT2D eigenvalue weighted by Gasteiger charge is -2.18. The van der Waals surface area contributed by atoms with Crippen LogP contribution < -0.4 is 11.0 Å². The fourth-order valence-corrected chi connectivity index (χ4v) is 2.97. The number of carbonyl (C=O) groups is 1. The second-order valence-electron chi connectivity index (χ2n) is 5.80. The van der Waals surface area contributed by atoms with E-state index in [9.17, 15) is 18.4 Å². The molecule has 0 bridgehead atoms. The number of rotatable bonds is 4. The number of alkyl halides is 2. The van der Waals surface area contributed by atoms with Crippen molar-refractivity contribution in [2.24, 2.45) is 0 Å². The first-order chi connectivity index (χ1) is 12.3. The molecule has 0 radical (unpaired) electrons. The van der Waals surface area contributed by atoms with E-state index in [1.807, 2.05) is 0 Å². The Bertz CT molecular complexity index is 1030. The van der Waals surface area contributed by atoms with Crippen LogP contribution in [0.25, 0.3) is 10.9 Å². The summed E-state index contributed by atoms with van der Waals surface area (Å²) in [6.45, 7) is 0.622. The number of aromatic nitrogens is 2. The van der Waals surface area contributed by atoms with Gasteiger partial charge in [0, 0.05) is 11.4 Å². The molecule has 1 N–H and O–H groups in total. The van der Waals surface area contributed by atoms with Crippen molar-refractivity contribution in [3.05, 3.63) is 74.7 Å². The van der Waals surface area contributed by atoms with E-state index in [0.29, 0.717) is 21.6 Å². The first-order valence-electron chi connectivity index (χ1n) is 7.71. The highest BCUT2D eigenvalue weighted by Crippen LogP contribution is 2.27. The molecule has 0 atom stereocenters. The summed E-state index contributed by atoms with van der Waals surface area (Å²) in [5.74, 6) is -4.86. The first-order valence-corrected chi connectivity index (χ1v) is 8.50. The smallest absolute Gasteiger partial charge is 0.273 e. The number of amides is 1. The number of carbonyl (C=O) groups excluding carboxylic acids is 1. The van der Waals surface area contributed by atoms with Gasteiger partial charge in [-0.2, -0.15) is 13.5 Å². The van der Waals surface area contributed by atoms with Crippen LogP contribution in [0.2, 0.25) is 0 Å². The van der Waals surface area contributed by atoms with Gasteiger partial charge in [0.05, 0.1) is 17.3 Å². The Kier molecular flexibility index (Phi) is 4.86. The molecule has 1 heterocycles. The van der Waals surface area contributed by atoms with E-state index in [1.165, 1.54) is 6.07 Å². The molecule has 3 rings (SSSR count). The zero-order valence-electron chi connectivity index (χ0n) is 13.7. The molecular formula is C18H14BrF2N3O2. The lowest BCUT2D eigenvalue weighted by atomic mass is 10.1. The van der Waals surface area contributed by atoms with Crippen molar-refractivity contribution in [3.63, 3.8) is 0 Å². The molecule has 0 aliphatic carbocycles. The second kappa shape index (κ2) is 6.95. The molecule has 26 heavy (non-hydrogen) atoms. The molecule has 3 aromatic rings. The maximum absolute atomic E-state index is 14.0. The van der Waals surface area contributed by atoms with Crippen molar-refractivity contribution in [1.82, 2.24) is 9.66 Å². The van der Waals surface area contributed by atoms with E-state index in [1.54, 1.807) is 42.5 Å². The van der Waals surface area contributed by atoms with Crippen molar-refractivity contribution in [2.45, 2.75) is 19.3 Å². The van der Waals surface area contributed by atoms with Gasteiger partial charge >= 0.3 is 5.92 Å². The van der Waals surface area contributed by atoms with E-state index < -0.39 is 23.2 Å². The number of hydrogen-bond acceptors (Lipinski definition) is 3. The average molecular weight is 422 g/mol. The lowest BCUT2D eigenvalue weighted by Crippen LogP contribution is -2.39. The quantitative estimate of drug-likeness (QED) is 0.699. The summed E-state index contributed by atoms with van der Waals surface area (Å²) in [6.07, 6.45) is -0.0570. The van der Waals surface area contributed by atoms with Crippen LogP contribution in [0.15, 0.2) is 57.8 Å². The number of nitrogens with one attached hydrogen (secondary N) is 1. The minimum Gasteiger partial charge on any atom is -0.273 e. The minimum atomic E-state index is -3.43. The summed E-state index contributed by atoms with van der Waals surface area (Å²) < 4.78 is 29.0. The van der Waals surface area contributed by atoms with Gasteiger partial charge in [-0.25, -0.2) is 4.98 Å². The normalized spacial score (nSPS) is 11.5. The third kappa shape index (κ3) is 3.65. The predicted molar refractivity (Wildman–Crippen MR) is 97.8 cm³/mol. The number of halogens is 3. The SMILES string of the molecule is CC(F)(F)c1nc2c(Br)cccc2c(=O)n1NC(=O)Cc1ccccc1. The highest BCUT2D eigenvalue weighted by atomic mass is 79.9. The van der Waals surface area contributed by atoms with Crippen molar-refractivity contribution in [1.29, 1.82) is 0 Å². The van der Waals surface area contributed by atoms with Gasteiger partial charge in [0.1, 0.15) is 0 Å². The molecule has 8 heteroatoms. The van der Waals surface area contributed by atoms with Crippen LogP contribution in [0.5, 0.6) is 0 Å². The van der Waals surface area contributed by atoms with Crippen molar-refractivity contribution >= 4 is 32.7 Å². The van der Waals surface area contributed by atoms with Gasteiger partial charge in [0.25, 0.3) is 5.56 Å². The van der Waals surface area contributed by atoms with Crippen LogP contribution in [0, 0.1) is 0 Å². The molecule has 0 saturated heterocycles. The Balaban J connectivity index is 2.08. The molecule has 0 fully saturated rings. The van der Waals surface area contributed by atoms with E-state index in [-0.39, 0.29) is 17.3 Å². The highest BCUT2D eigenvalue weighted by molar-refractivity contribution is 9.10. The van der Waals surface area contributed by atoms with Crippen LogP contribution in [0.1, 0.15) is 18.3 Å². The summed E-state index contributed by atoms with van der Waals surface area (Å²) in [7, 11) is 0. The molecule has 0 aliphatic heterocycles. The summed E-state index contributed by atoms with van der Waals surface area (Å²) >= 11 is 3.21. The zero-order valence-corrected chi connectivity index (χ0v) is 15.3. The largest absolute Gasteiger partial charge is 0.303 e. The van der Waals surface area contributed by atoms with E-state index in [4.69, 9.17) is 0 Å². The molecule has 0 spiro atoms.